The Morgan fingerprint density at radius 1 is 1.31 bits per heavy atom. The van der Waals surface area contributed by atoms with E-state index in [0.717, 1.165) is 30.2 Å². The molecule has 7 nitrogen and oxygen atoms in total. The number of esters is 1. The monoisotopic (exact) mass is 422 g/mol. The fourth-order valence-electron chi connectivity index (χ4n) is 3.25. The topological polar surface area (TPSA) is 84.7 Å². The molecule has 140 valence electrons. The van der Waals surface area contributed by atoms with E-state index in [1.54, 1.807) is 11.3 Å². The molecule has 0 aromatic carbocycles. The van der Waals surface area contributed by atoms with Gasteiger partial charge >= 0.3 is 12.0 Å². The number of carbonyl (C=O) groups is 2. The van der Waals surface area contributed by atoms with Crippen molar-refractivity contribution in [2.24, 2.45) is 0 Å². The van der Waals surface area contributed by atoms with E-state index in [9.17, 15) is 9.59 Å². The Hall–Kier alpha value is -2.09. The van der Waals surface area contributed by atoms with Crippen LogP contribution in [0.4, 0.5) is 10.6 Å². The van der Waals surface area contributed by atoms with Crippen LogP contribution in [0.15, 0.2) is 22.8 Å². The maximum absolute atomic E-state index is 12.5. The van der Waals surface area contributed by atoms with Gasteiger partial charge in [-0.25, -0.2) is 9.78 Å². The summed E-state index contributed by atoms with van der Waals surface area (Å²) in [6.45, 7) is 2.07. The number of fused-ring (bicyclic) bond motifs is 1. The average molecular weight is 423 g/mol. The maximum Gasteiger partial charge on any atom is 0.320 e. The van der Waals surface area contributed by atoms with E-state index in [-0.39, 0.29) is 24.5 Å². The van der Waals surface area contributed by atoms with E-state index in [0.29, 0.717) is 23.8 Å². The highest BCUT2D eigenvalue weighted by atomic mass is 79.9. The Kier molecular flexibility index (Phi) is 6.13. The van der Waals surface area contributed by atoms with E-state index >= 15 is 0 Å². The first kappa shape index (κ1) is 18.7. The Morgan fingerprint density at radius 3 is 2.81 bits per heavy atom. The third-order valence-electron chi connectivity index (χ3n) is 4.44. The molecule has 0 spiro atoms. The zero-order valence-corrected chi connectivity index (χ0v) is 16.3. The lowest BCUT2D eigenvalue weighted by atomic mass is 9.96. The minimum Gasteiger partial charge on any atom is -0.466 e. The number of ether oxygens (including phenoxy) is 1. The van der Waals surface area contributed by atoms with Crippen LogP contribution in [-0.4, -0.2) is 34.0 Å². The van der Waals surface area contributed by atoms with Crippen molar-refractivity contribution in [3.8, 4) is 0 Å². The second-order valence-electron chi connectivity index (χ2n) is 6.40. The first-order chi connectivity index (χ1) is 12.6. The normalized spacial score (nSPS) is 15.0. The molecule has 26 heavy (non-hydrogen) atoms. The molecule has 2 heterocycles. The van der Waals surface area contributed by atoms with Gasteiger partial charge in [-0.15, -0.1) is 0 Å². The van der Waals surface area contributed by atoms with Crippen molar-refractivity contribution in [3.05, 3.63) is 28.5 Å². The van der Waals surface area contributed by atoms with Gasteiger partial charge in [-0.05, 0) is 47.8 Å². The number of halogens is 1. The zero-order valence-electron chi connectivity index (χ0n) is 14.8. The molecule has 0 unspecified atom stereocenters. The number of rotatable bonds is 5. The lowest BCUT2D eigenvalue weighted by Crippen LogP contribution is -2.39. The second-order valence-corrected chi connectivity index (χ2v) is 7.31. The summed E-state index contributed by atoms with van der Waals surface area (Å²) in [7, 11) is 0. The van der Waals surface area contributed by atoms with E-state index < -0.39 is 0 Å². The van der Waals surface area contributed by atoms with E-state index in [1.165, 1.54) is 6.42 Å². The standard InChI is InChI=1S/C18H23BrN4O3/c1-2-26-16(24)10-14-17(23-11-12(19)8-9-15(23)21-14)22-18(25)20-13-6-4-3-5-7-13/h8-9,11,13H,2-7,10H2,1H3,(H2,20,22,25). The molecular weight excluding hydrogens is 400 g/mol. The Bertz CT molecular complexity index is 799. The van der Waals surface area contributed by atoms with Crippen LogP contribution in [0.25, 0.3) is 5.65 Å². The van der Waals surface area contributed by atoms with Crippen molar-refractivity contribution in [1.29, 1.82) is 0 Å². The lowest BCUT2D eigenvalue weighted by Gasteiger charge is -2.22. The number of carbonyl (C=O) groups excluding carboxylic acids is 2. The number of pyridine rings is 1. The quantitative estimate of drug-likeness (QED) is 0.719. The van der Waals surface area contributed by atoms with Gasteiger partial charge in [0.05, 0.1) is 18.7 Å². The summed E-state index contributed by atoms with van der Waals surface area (Å²) in [6.07, 6.45) is 7.33. The highest BCUT2D eigenvalue weighted by Gasteiger charge is 2.20. The maximum atomic E-state index is 12.5. The van der Waals surface area contributed by atoms with Crippen LogP contribution < -0.4 is 10.6 Å². The van der Waals surface area contributed by atoms with Gasteiger partial charge in [-0.1, -0.05) is 19.3 Å². The molecule has 1 aliphatic rings. The van der Waals surface area contributed by atoms with Crippen molar-refractivity contribution in [1.82, 2.24) is 14.7 Å². The number of urea groups is 1. The van der Waals surface area contributed by atoms with E-state index in [2.05, 4.69) is 31.5 Å². The lowest BCUT2D eigenvalue weighted by molar-refractivity contribution is -0.142. The molecule has 2 N–H and O–H groups in total. The molecule has 0 saturated heterocycles. The smallest absolute Gasteiger partial charge is 0.320 e. The molecule has 0 atom stereocenters. The fourth-order valence-corrected chi connectivity index (χ4v) is 3.58. The average Bonchev–Trinajstić information content (AvgIpc) is 2.92. The minimum absolute atomic E-state index is 0.00613. The first-order valence-corrected chi connectivity index (χ1v) is 9.75. The predicted octanol–water partition coefficient (Wildman–Crippen LogP) is 3.66. The molecule has 2 aromatic rings. The van der Waals surface area contributed by atoms with E-state index in [4.69, 9.17) is 4.74 Å². The third-order valence-corrected chi connectivity index (χ3v) is 4.91. The van der Waals surface area contributed by atoms with Crippen molar-refractivity contribution in [2.75, 3.05) is 11.9 Å². The van der Waals surface area contributed by atoms with Gasteiger partial charge in [0.25, 0.3) is 0 Å². The van der Waals surface area contributed by atoms with Crippen LogP contribution in [0.2, 0.25) is 0 Å². The van der Waals surface area contributed by atoms with Gasteiger partial charge in [0.15, 0.2) is 0 Å². The van der Waals surface area contributed by atoms with Crippen molar-refractivity contribution in [3.63, 3.8) is 0 Å². The molecule has 0 radical (unpaired) electrons. The molecule has 1 saturated carbocycles. The summed E-state index contributed by atoms with van der Waals surface area (Å²) in [5.41, 5.74) is 1.14. The number of hydrogen-bond donors (Lipinski definition) is 2. The number of nitrogens with zero attached hydrogens (tertiary/aromatic N) is 2. The fraction of sp³-hybridized carbons (Fsp3) is 0.500. The molecule has 2 aromatic heterocycles. The summed E-state index contributed by atoms with van der Waals surface area (Å²) in [5.74, 6) is 0.119. The van der Waals surface area contributed by atoms with Crippen molar-refractivity contribution >= 4 is 39.4 Å². The van der Waals surface area contributed by atoms with Crippen LogP contribution in [-0.2, 0) is 16.0 Å². The molecule has 2 amide bonds. The summed E-state index contributed by atoms with van der Waals surface area (Å²) in [5, 5.41) is 5.90. The number of imidazole rings is 1. The summed E-state index contributed by atoms with van der Waals surface area (Å²) in [4.78, 5) is 28.9. The molecule has 0 bridgehead atoms. The highest BCUT2D eigenvalue weighted by Crippen LogP contribution is 2.23. The number of amides is 2. The number of aromatic nitrogens is 2. The molecule has 1 aliphatic carbocycles. The summed E-state index contributed by atoms with van der Waals surface area (Å²) < 4.78 is 7.63. The first-order valence-electron chi connectivity index (χ1n) is 8.96. The van der Waals surface area contributed by atoms with Crippen LogP contribution in [0.1, 0.15) is 44.7 Å². The van der Waals surface area contributed by atoms with Crippen LogP contribution in [0, 0.1) is 0 Å². The molecule has 3 rings (SSSR count). The second kappa shape index (κ2) is 8.53. The third kappa shape index (κ3) is 4.55. The van der Waals surface area contributed by atoms with Crippen LogP contribution >= 0.6 is 15.9 Å². The van der Waals surface area contributed by atoms with Gasteiger partial charge < -0.3 is 10.1 Å². The summed E-state index contributed by atoms with van der Waals surface area (Å²) in [6, 6.07) is 3.61. The summed E-state index contributed by atoms with van der Waals surface area (Å²) >= 11 is 3.43. The van der Waals surface area contributed by atoms with Gasteiger partial charge in [0.2, 0.25) is 0 Å². The molecule has 0 aliphatic heterocycles. The Morgan fingerprint density at radius 2 is 2.08 bits per heavy atom. The number of nitrogens with one attached hydrogen (secondary N) is 2. The van der Waals surface area contributed by atoms with Crippen molar-refractivity contribution in [2.45, 2.75) is 51.5 Å². The molecular formula is C18H23BrN4O3. The number of anilines is 1. The SMILES string of the molecule is CCOC(=O)Cc1nc2ccc(Br)cn2c1NC(=O)NC1CCCCC1. The van der Waals surface area contributed by atoms with Gasteiger partial charge in [0.1, 0.15) is 11.5 Å². The predicted molar refractivity (Wildman–Crippen MR) is 102 cm³/mol. The number of hydrogen-bond acceptors (Lipinski definition) is 4. The van der Waals surface area contributed by atoms with Gasteiger partial charge in [-0.2, -0.15) is 0 Å². The van der Waals surface area contributed by atoms with Crippen LogP contribution in [0.3, 0.4) is 0 Å². The van der Waals surface area contributed by atoms with Crippen LogP contribution in [0.5, 0.6) is 0 Å². The van der Waals surface area contributed by atoms with Gasteiger partial charge in [0, 0.05) is 16.7 Å². The van der Waals surface area contributed by atoms with Crippen molar-refractivity contribution < 1.29 is 14.3 Å². The highest BCUT2D eigenvalue weighted by molar-refractivity contribution is 9.10. The Balaban J connectivity index is 1.82. The zero-order chi connectivity index (χ0) is 18.5. The largest absolute Gasteiger partial charge is 0.466 e. The van der Waals surface area contributed by atoms with Gasteiger partial charge in [-0.3, -0.25) is 14.5 Å². The molecule has 8 heteroatoms. The Labute approximate surface area is 160 Å². The van der Waals surface area contributed by atoms with E-state index in [1.807, 2.05) is 18.3 Å². The minimum atomic E-state index is -0.370. The molecule has 1 fully saturated rings.